The Kier molecular flexibility index (Phi) is 9.45. The molecule has 0 aliphatic carbocycles. The third-order valence-electron chi connectivity index (χ3n) is 5.10. The molecule has 0 saturated carbocycles. The molecule has 2 amide bonds. The maximum atomic E-state index is 13.0. The van der Waals surface area contributed by atoms with Crippen LogP contribution in [0, 0.1) is 0 Å². The Hall–Kier alpha value is -2.02. The number of nitrogens with one attached hydrogen (secondary N) is 1. The van der Waals surface area contributed by atoms with Crippen molar-refractivity contribution < 1.29 is 9.59 Å². The summed E-state index contributed by atoms with van der Waals surface area (Å²) >= 11 is 13.5. The Balaban J connectivity index is 1.76. The van der Waals surface area contributed by atoms with Gasteiger partial charge in [-0.15, -0.1) is 0 Å². The van der Waals surface area contributed by atoms with Gasteiger partial charge in [-0.25, -0.2) is 4.99 Å². The normalized spacial score (nSPS) is 17.6. The third kappa shape index (κ3) is 6.99. The van der Waals surface area contributed by atoms with E-state index in [1.807, 2.05) is 0 Å². The number of benzene rings is 2. The van der Waals surface area contributed by atoms with Crippen LogP contribution in [0.4, 0.5) is 11.4 Å². The van der Waals surface area contributed by atoms with Gasteiger partial charge in [-0.3, -0.25) is 14.5 Å². The molecule has 1 fully saturated rings. The van der Waals surface area contributed by atoms with E-state index in [9.17, 15) is 9.59 Å². The Bertz CT molecular complexity index is 966. The van der Waals surface area contributed by atoms with Gasteiger partial charge in [-0.1, -0.05) is 79.7 Å². The molecule has 1 heterocycles. The largest absolute Gasteiger partial charge is 0.324 e. The number of carbonyl (C=O) groups excluding carboxylic acids is 2. The fourth-order valence-corrected chi connectivity index (χ4v) is 4.77. The second-order valence-electron chi connectivity index (χ2n) is 7.61. The van der Waals surface area contributed by atoms with Gasteiger partial charge in [0.05, 0.1) is 16.4 Å². The highest BCUT2D eigenvalue weighted by Crippen LogP contribution is 2.31. The highest BCUT2D eigenvalue weighted by atomic mass is 35.5. The van der Waals surface area contributed by atoms with Crippen molar-refractivity contribution in [2.75, 3.05) is 11.9 Å². The van der Waals surface area contributed by atoms with Crippen molar-refractivity contribution in [2.24, 2.45) is 4.99 Å². The first-order valence-corrected chi connectivity index (χ1v) is 12.5. The molecule has 170 valence electrons. The van der Waals surface area contributed by atoms with Crippen LogP contribution in [-0.2, 0) is 9.59 Å². The molecule has 0 radical (unpaired) electrons. The van der Waals surface area contributed by atoms with Crippen LogP contribution in [0.25, 0.3) is 0 Å². The lowest BCUT2D eigenvalue weighted by atomic mass is 10.1. The Morgan fingerprint density at radius 2 is 1.81 bits per heavy atom. The Morgan fingerprint density at radius 1 is 1.09 bits per heavy atom. The van der Waals surface area contributed by atoms with Crippen LogP contribution in [0.3, 0.4) is 0 Å². The van der Waals surface area contributed by atoms with Crippen LogP contribution in [0.5, 0.6) is 0 Å². The van der Waals surface area contributed by atoms with Crippen LogP contribution in [-0.4, -0.2) is 33.7 Å². The zero-order valence-electron chi connectivity index (χ0n) is 18.0. The van der Waals surface area contributed by atoms with E-state index in [1.165, 1.54) is 24.6 Å². The fraction of sp³-hybridized carbons (Fsp3) is 0.375. The van der Waals surface area contributed by atoms with Crippen LogP contribution in [0.15, 0.2) is 53.5 Å². The van der Waals surface area contributed by atoms with E-state index < -0.39 is 5.25 Å². The number of carbonyl (C=O) groups is 2. The number of hydrogen-bond acceptors (Lipinski definition) is 4. The minimum Gasteiger partial charge on any atom is -0.324 e. The Labute approximate surface area is 203 Å². The summed E-state index contributed by atoms with van der Waals surface area (Å²) in [5, 5.41) is 3.87. The summed E-state index contributed by atoms with van der Waals surface area (Å²) in [4.78, 5) is 32.3. The molecule has 1 aliphatic rings. The average Bonchev–Trinajstić information content (AvgIpc) is 2.78. The van der Waals surface area contributed by atoms with E-state index in [1.54, 1.807) is 53.4 Å². The summed E-state index contributed by atoms with van der Waals surface area (Å²) < 4.78 is 0. The minimum absolute atomic E-state index is 0.0914. The van der Waals surface area contributed by atoms with Crippen LogP contribution < -0.4 is 5.32 Å². The molecule has 3 rings (SSSR count). The van der Waals surface area contributed by atoms with Gasteiger partial charge in [0, 0.05) is 18.0 Å². The van der Waals surface area contributed by atoms with Gasteiger partial charge >= 0.3 is 0 Å². The van der Waals surface area contributed by atoms with Gasteiger partial charge in [0.1, 0.15) is 5.25 Å². The van der Waals surface area contributed by atoms with Gasteiger partial charge in [-0.05, 0) is 42.8 Å². The van der Waals surface area contributed by atoms with Crippen molar-refractivity contribution >= 4 is 63.3 Å². The number of thioether (sulfide) groups is 1. The summed E-state index contributed by atoms with van der Waals surface area (Å²) in [6.45, 7) is 2.77. The number of nitrogens with zero attached hydrogens (tertiary/aromatic N) is 2. The number of amides is 2. The van der Waals surface area contributed by atoms with E-state index in [-0.39, 0.29) is 18.2 Å². The van der Waals surface area contributed by atoms with Gasteiger partial charge in [0.15, 0.2) is 5.17 Å². The fourth-order valence-electron chi connectivity index (χ4n) is 3.34. The van der Waals surface area contributed by atoms with Gasteiger partial charge in [-0.2, -0.15) is 0 Å². The van der Waals surface area contributed by atoms with Crippen LogP contribution >= 0.6 is 35.0 Å². The van der Waals surface area contributed by atoms with Crippen molar-refractivity contribution in [2.45, 2.75) is 50.7 Å². The summed E-state index contributed by atoms with van der Waals surface area (Å²) in [7, 11) is 0. The summed E-state index contributed by atoms with van der Waals surface area (Å²) in [6.07, 6.45) is 5.60. The number of halogens is 2. The topological polar surface area (TPSA) is 61.8 Å². The number of aliphatic imine (C=N–C) groups is 1. The maximum absolute atomic E-state index is 13.0. The molecule has 5 nitrogen and oxygen atoms in total. The second kappa shape index (κ2) is 12.3. The van der Waals surface area contributed by atoms with E-state index in [2.05, 4.69) is 17.2 Å². The molecule has 1 unspecified atom stereocenters. The number of amidine groups is 1. The third-order valence-corrected chi connectivity index (χ3v) is 6.87. The molecular formula is C24H27Cl2N3O2S. The van der Waals surface area contributed by atoms with Crippen molar-refractivity contribution in [3.05, 3.63) is 58.6 Å². The number of hydrogen-bond donors (Lipinski definition) is 1. The highest BCUT2D eigenvalue weighted by Gasteiger charge is 2.35. The number of anilines is 1. The maximum Gasteiger partial charge on any atom is 0.238 e. The summed E-state index contributed by atoms with van der Waals surface area (Å²) in [6, 6.07) is 14.2. The number of rotatable bonds is 9. The predicted molar refractivity (Wildman–Crippen MR) is 135 cm³/mol. The second-order valence-corrected chi connectivity index (χ2v) is 9.62. The van der Waals surface area contributed by atoms with Crippen LogP contribution in [0.1, 0.15) is 45.4 Å². The molecule has 8 heteroatoms. The lowest BCUT2D eigenvalue weighted by molar-refractivity contribution is -0.129. The Morgan fingerprint density at radius 3 is 2.53 bits per heavy atom. The van der Waals surface area contributed by atoms with Gasteiger partial charge in [0.25, 0.3) is 0 Å². The first-order chi connectivity index (χ1) is 15.5. The van der Waals surface area contributed by atoms with Crippen LogP contribution in [0.2, 0.25) is 10.0 Å². The molecule has 1 aliphatic heterocycles. The lowest BCUT2D eigenvalue weighted by Gasteiger charge is -2.32. The zero-order valence-corrected chi connectivity index (χ0v) is 20.3. The van der Waals surface area contributed by atoms with Crippen molar-refractivity contribution in [3.8, 4) is 0 Å². The van der Waals surface area contributed by atoms with Gasteiger partial charge < -0.3 is 5.32 Å². The summed E-state index contributed by atoms with van der Waals surface area (Å²) in [5.74, 6) is -0.353. The zero-order chi connectivity index (χ0) is 22.9. The molecule has 2 aromatic carbocycles. The van der Waals surface area contributed by atoms with Gasteiger partial charge in [0.2, 0.25) is 11.8 Å². The number of unbranched alkanes of at least 4 members (excludes halogenated alkanes) is 4. The van der Waals surface area contributed by atoms with Crippen molar-refractivity contribution in [3.63, 3.8) is 0 Å². The molecule has 1 N–H and O–H groups in total. The SMILES string of the molecule is CCCCCCCN1C(=O)CC(C(=O)Nc2ccccc2Cl)SC1=Nc1ccc(Cl)cc1. The van der Waals surface area contributed by atoms with E-state index in [4.69, 9.17) is 23.2 Å². The number of para-hydroxylation sites is 1. The molecule has 0 spiro atoms. The smallest absolute Gasteiger partial charge is 0.238 e. The molecule has 2 aromatic rings. The molecule has 1 saturated heterocycles. The lowest BCUT2D eigenvalue weighted by Crippen LogP contribution is -2.45. The quantitative estimate of drug-likeness (QED) is 0.387. The molecule has 1 atom stereocenters. The van der Waals surface area contributed by atoms with E-state index in [0.29, 0.717) is 33.1 Å². The standard InChI is InChI=1S/C24H27Cl2N3O2S/c1-2-3-4-5-8-15-29-22(30)16-21(23(31)28-20-10-7-6-9-19(20)26)32-24(29)27-18-13-11-17(25)12-14-18/h6-7,9-14,21H,2-5,8,15-16H2,1H3,(H,28,31). The molecule has 0 aromatic heterocycles. The predicted octanol–water partition coefficient (Wildman–Crippen LogP) is 6.92. The molecular weight excluding hydrogens is 465 g/mol. The van der Waals surface area contributed by atoms with Crippen molar-refractivity contribution in [1.82, 2.24) is 4.90 Å². The first-order valence-electron chi connectivity index (χ1n) is 10.8. The van der Waals surface area contributed by atoms with Crippen molar-refractivity contribution in [1.29, 1.82) is 0 Å². The highest BCUT2D eigenvalue weighted by molar-refractivity contribution is 8.15. The summed E-state index contributed by atoms with van der Waals surface area (Å²) in [5.41, 5.74) is 1.22. The average molecular weight is 492 g/mol. The van der Waals surface area contributed by atoms with E-state index in [0.717, 1.165) is 19.3 Å². The molecule has 32 heavy (non-hydrogen) atoms. The minimum atomic E-state index is -0.582. The first kappa shape index (κ1) is 24.6. The van der Waals surface area contributed by atoms with E-state index >= 15 is 0 Å². The monoisotopic (exact) mass is 491 g/mol. The molecule has 0 bridgehead atoms.